The second-order valence-electron chi connectivity index (χ2n) is 5.00. The predicted octanol–water partition coefficient (Wildman–Crippen LogP) is 2.89. The number of aromatic nitrogens is 2. The van der Waals surface area contributed by atoms with Gasteiger partial charge in [-0.3, -0.25) is 0 Å². The summed E-state index contributed by atoms with van der Waals surface area (Å²) in [6.07, 6.45) is -2.05. The standard InChI is InChI=1S/C11H14F3N3/c1-6-4-10-15-8(7-2-3-7)5-9(11(12,13)14)17(10)16-6/h4,7-9,15H,2-3,5H2,1H3/t8-,9-/m1/s1. The first kappa shape index (κ1) is 10.9. The molecular weight excluding hydrogens is 231 g/mol. The molecule has 2 atom stereocenters. The van der Waals surface area contributed by atoms with Crippen LogP contribution in [-0.2, 0) is 0 Å². The number of aryl methyl sites for hydroxylation is 1. The summed E-state index contributed by atoms with van der Waals surface area (Å²) in [6, 6.07) is 0.163. The van der Waals surface area contributed by atoms with E-state index in [1.807, 2.05) is 0 Å². The SMILES string of the molecule is Cc1cc2n(n1)[C@@H](C(F)(F)F)C[C@H](C1CC1)N2. The summed E-state index contributed by atoms with van der Waals surface area (Å²) < 4.78 is 40.1. The normalized spacial score (nSPS) is 28.7. The maximum absolute atomic E-state index is 13.0. The lowest BCUT2D eigenvalue weighted by atomic mass is 10.0. The quantitative estimate of drug-likeness (QED) is 0.824. The molecule has 0 saturated heterocycles. The zero-order chi connectivity index (χ0) is 12.2. The first-order valence-corrected chi connectivity index (χ1v) is 5.84. The molecule has 0 bridgehead atoms. The Morgan fingerprint density at radius 3 is 2.71 bits per heavy atom. The fraction of sp³-hybridized carbons (Fsp3) is 0.727. The van der Waals surface area contributed by atoms with Crippen LogP contribution in [-0.4, -0.2) is 22.0 Å². The van der Waals surface area contributed by atoms with E-state index in [4.69, 9.17) is 0 Å². The maximum atomic E-state index is 13.0. The molecule has 1 aromatic rings. The lowest BCUT2D eigenvalue weighted by molar-refractivity contribution is -0.174. The van der Waals surface area contributed by atoms with Crippen LogP contribution in [0, 0.1) is 12.8 Å². The molecule has 0 aromatic carbocycles. The molecule has 0 amide bonds. The fourth-order valence-corrected chi connectivity index (χ4v) is 2.53. The summed E-state index contributed by atoms with van der Waals surface area (Å²) in [6.45, 7) is 1.71. The number of fused-ring (bicyclic) bond motifs is 1. The van der Waals surface area contributed by atoms with E-state index < -0.39 is 12.2 Å². The van der Waals surface area contributed by atoms with Gasteiger partial charge in [0.05, 0.1) is 5.69 Å². The zero-order valence-corrected chi connectivity index (χ0v) is 9.46. The van der Waals surface area contributed by atoms with E-state index in [1.165, 1.54) is 0 Å². The van der Waals surface area contributed by atoms with E-state index in [1.54, 1.807) is 13.0 Å². The van der Waals surface area contributed by atoms with Crippen molar-refractivity contribution >= 4 is 5.82 Å². The van der Waals surface area contributed by atoms with Gasteiger partial charge in [0.25, 0.3) is 0 Å². The second-order valence-corrected chi connectivity index (χ2v) is 5.00. The highest BCUT2D eigenvalue weighted by molar-refractivity contribution is 5.41. The van der Waals surface area contributed by atoms with Crippen molar-refractivity contribution in [2.24, 2.45) is 5.92 Å². The summed E-state index contributed by atoms with van der Waals surface area (Å²) >= 11 is 0. The van der Waals surface area contributed by atoms with E-state index in [2.05, 4.69) is 10.4 Å². The molecule has 6 heteroatoms. The highest BCUT2D eigenvalue weighted by Gasteiger charge is 2.48. The van der Waals surface area contributed by atoms with E-state index in [0.717, 1.165) is 17.5 Å². The van der Waals surface area contributed by atoms with Crippen LogP contribution < -0.4 is 5.32 Å². The molecule has 1 N–H and O–H groups in total. The zero-order valence-electron chi connectivity index (χ0n) is 9.46. The third kappa shape index (κ3) is 1.89. The Bertz CT molecular complexity index is 434. The van der Waals surface area contributed by atoms with Gasteiger partial charge in [-0.05, 0) is 32.1 Å². The van der Waals surface area contributed by atoms with Gasteiger partial charge in [0.2, 0.25) is 0 Å². The summed E-state index contributed by atoms with van der Waals surface area (Å²) in [7, 11) is 0. The highest BCUT2D eigenvalue weighted by atomic mass is 19.4. The average Bonchev–Trinajstić information content (AvgIpc) is 2.97. The predicted molar refractivity (Wildman–Crippen MR) is 56.8 cm³/mol. The Kier molecular flexibility index (Phi) is 2.18. The van der Waals surface area contributed by atoms with Gasteiger partial charge < -0.3 is 5.32 Å². The molecule has 2 aliphatic rings. The van der Waals surface area contributed by atoms with Gasteiger partial charge in [0, 0.05) is 12.1 Å². The van der Waals surface area contributed by atoms with Gasteiger partial charge in [-0.25, -0.2) is 4.68 Å². The van der Waals surface area contributed by atoms with Crippen molar-refractivity contribution < 1.29 is 13.2 Å². The van der Waals surface area contributed by atoms with Gasteiger partial charge in [0.1, 0.15) is 5.82 Å². The maximum Gasteiger partial charge on any atom is 0.410 e. The minimum atomic E-state index is -4.22. The van der Waals surface area contributed by atoms with Crippen LogP contribution >= 0.6 is 0 Å². The largest absolute Gasteiger partial charge is 0.410 e. The molecule has 1 aliphatic heterocycles. The smallest absolute Gasteiger partial charge is 0.367 e. The van der Waals surface area contributed by atoms with Crippen molar-refractivity contribution in [2.75, 3.05) is 5.32 Å². The number of rotatable bonds is 1. The van der Waals surface area contributed by atoms with Crippen LogP contribution in [0.4, 0.5) is 19.0 Å². The summed E-state index contributed by atoms with van der Waals surface area (Å²) in [5.41, 5.74) is 0.623. The van der Waals surface area contributed by atoms with Gasteiger partial charge in [-0.15, -0.1) is 0 Å². The molecule has 0 spiro atoms. The second kappa shape index (κ2) is 3.40. The summed E-state index contributed by atoms with van der Waals surface area (Å²) in [4.78, 5) is 0. The molecule has 1 aromatic heterocycles. The molecule has 0 radical (unpaired) electrons. The monoisotopic (exact) mass is 245 g/mol. The molecule has 2 heterocycles. The van der Waals surface area contributed by atoms with Crippen molar-refractivity contribution in [3.8, 4) is 0 Å². The van der Waals surface area contributed by atoms with Crippen molar-refractivity contribution in [1.29, 1.82) is 0 Å². The highest BCUT2D eigenvalue weighted by Crippen LogP contribution is 2.45. The molecule has 1 fully saturated rings. The average molecular weight is 245 g/mol. The van der Waals surface area contributed by atoms with E-state index in [-0.39, 0.29) is 12.5 Å². The Balaban J connectivity index is 1.96. The van der Waals surface area contributed by atoms with Gasteiger partial charge in [-0.2, -0.15) is 18.3 Å². The van der Waals surface area contributed by atoms with Crippen LogP contribution in [0.3, 0.4) is 0 Å². The minimum Gasteiger partial charge on any atom is -0.367 e. The molecule has 17 heavy (non-hydrogen) atoms. The molecule has 94 valence electrons. The molecule has 1 aliphatic carbocycles. The number of nitrogens with one attached hydrogen (secondary N) is 1. The summed E-state index contributed by atoms with van der Waals surface area (Å²) in [5, 5.41) is 7.13. The summed E-state index contributed by atoms with van der Waals surface area (Å²) in [5.74, 6) is 0.914. The van der Waals surface area contributed by atoms with Gasteiger partial charge in [0.15, 0.2) is 6.04 Å². The first-order chi connectivity index (χ1) is 7.95. The number of hydrogen-bond acceptors (Lipinski definition) is 2. The van der Waals surface area contributed by atoms with Crippen LogP contribution in [0.15, 0.2) is 6.07 Å². The number of anilines is 1. The number of alkyl halides is 3. The Hall–Kier alpha value is -1.20. The van der Waals surface area contributed by atoms with Crippen molar-refractivity contribution in [3.63, 3.8) is 0 Å². The first-order valence-electron chi connectivity index (χ1n) is 5.84. The van der Waals surface area contributed by atoms with Crippen LogP contribution in [0.1, 0.15) is 31.0 Å². The number of halogens is 3. The van der Waals surface area contributed by atoms with E-state index in [9.17, 15) is 13.2 Å². The fourth-order valence-electron chi connectivity index (χ4n) is 2.53. The van der Waals surface area contributed by atoms with Crippen LogP contribution in [0.5, 0.6) is 0 Å². The lowest BCUT2D eigenvalue weighted by Crippen LogP contribution is -2.40. The third-order valence-corrected chi connectivity index (χ3v) is 3.53. The minimum absolute atomic E-state index is 0.0507. The van der Waals surface area contributed by atoms with Gasteiger partial charge >= 0.3 is 6.18 Å². The molecule has 3 nitrogen and oxygen atoms in total. The Morgan fingerprint density at radius 2 is 2.12 bits per heavy atom. The van der Waals surface area contributed by atoms with E-state index in [0.29, 0.717) is 17.4 Å². The number of nitrogens with zero attached hydrogens (tertiary/aromatic N) is 2. The van der Waals surface area contributed by atoms with Gasteiger partial charge in [-0.1, -0.05) is 0 Å². The van der Waals surface area contributed by atoms with Crippen molar-refractivity contribution in [2.45, 2.75) is 44.4 Å². The van der Waals surface area contributed by atoms with Crippen LogP contribution in [0.2, 0.25) is 0 Å². The molecule has 3 rings (SSSR count). The molecular formula is C11H14F3N3. The third-order valence-electron chi connectivity index (χ3n) is 3.53. The Morgan fingerprint density at radius 1 is 1.41 bits per heavy atom. The van der Waals surface area contributed by atoms with Crippen LogP contribution in [0.25, 0.3) is 0 Å². The molecule has 0 unspecified atom stereocenters. The number of hydrogen-bond donors (Lipinski definition) is 1. The van der Waals surface area contributed by atoms with E-state index >= 15 is 0 Å². The Labute approximate surface area is 97.0 Å². The van der Waals surface area contributed by atoms with Crippen molar-refractivity contribution in [3.05, 3.63) is 11.8 Å². The lowest BCUT2D eigenvalue weighted by Gasteiger charge is -2.33. The van der Waals surface area contributed by atoms with Crippen molar-refractivity contribution in [1.82, 2.24) is 9.78 Å². The molecule has 1 saturated carbocycles. The topological polar surface area (TPSA) is 29.9 Å².